The van der Waals surface area contributed by atoms with E-state index in [0.717, 1.165) is 6.42 Å². The molecule has 1 rings (SSSR count). The summed E-state index contributed by atoms with van der Waals surface area (Å²) in [7, 11) is 0. The van der Waals surface area contributed by atoms with Gasteiger partial charge in [0.25, 0.3) is 0 Å². The van der Waals surface area contributed by atoms with Crippen molar-refractivity contribution in [2.45, 2.75) is 25.8 Å². The van der Waals surface area contributed by atoms with Crippen LogP contribution in [0.5, 0.6) is 0 Å². The molecule has 1 aromatic rings. The van der Waals surface area contributed by atoms with Crippen LogP contribution in [-0.4, -0.2) is 11.9 Å². The lowest BCUT2D eigenvalue weighted by molar-refractivity contribution is -0.116. The van der Waals surface area contributed by atoms with Crippen molar-refractivity contribution in [1.29, 1.82) is 0 Å². The van der Waals surface area contributed by atoms with Crippen LogP contribution in [0.1, 0.15) is 19.8 Å². The Morgan fingerprint density at radius 1 is 1.44 bits per heavy atom. The summed E-state index contributed by atoms with van der Waals surface area (Å²) in [6.45, 7) is 1.93. The molecule has 0 bridgehead atoms. The normalized spacial score (nSPS) is 12.2. The lowest BCUT2D eigenvalue weighted by atomic mass is 10.1. The Morgan fingerprint density at radius 3 is 2.50 bits per heavy atom. The number of para-hydroxylation sites is 1. The van der Waals surface area contributed by atoms with Gasteiger partial charge in [0.2, 0.25) is 5.91 Å². The van der Waals surface area contributed by atoms with E-state index in [2.05, 4.69) is 5.32 Å². The van der Waals surface area contributed by atoms with Gasteiger partial charge in [-0.25, -0.2) is 0 Å². The Balaban J connectivity index is 2.70. The van der Waals surface area contributed by atoms with E-state index in [4.69, 9.17) is 28.9 Å². The summed E-state index contributed by atoms with van der Waals surface area (Å²) in [5, 5.41) is 3.51. The van der Waals surface area contributed by atoms with Gasteiger partial charge in [0.15, 0.2) is 0 Å². The Kier molecular flexibility index (Phi) is 5.06. The molecule has 0 aliphatic carbocycles. The van der Waals surface area contributed by atoms with E-state index in [9.17, 15) is 4.79 Å². The number of rotatable bonds is 4. The second-order valence-corrected chi connectivity index (χ2v) is 4.33. The van der Waals surface area contributed by atoms with Crippen LogP contribution in [0, 0.1) is 0 Å². The van der Waals surface area contributed by atoms with Gasteiger partial charge in [-0.3, -0.25) is 4.79 Å². The van der Waals surface area contributed by atoms with Crippen molar-refractivity contribution in [2.24, 2.45) is 5.73 Å². The fourth-order valence-corrected chi connectivity index (χ4v) is 1.68. The zero-order valence-electron chi connectivity index (χ0n) is 8.97. The van der Waals surface area contributed by atoms with Crippen LogP contribution >= 0.6 is 23.2 Å². The molecule has 88 valence electrons. The first-order chi connectivity index (χ1) is 7.54. The average molecular weight is 261 g/mol. The smallest absolute Gasteiger partial charge is 0.226 e. The van der Waals surface area contributed by atoms with Gasteiger partial charge in [0, 0.05) is 12.5 Å². The Morgan fingerprint density at radius 2 is 2.00 bits per heavy atom. The number of carbonyl (C=O) groups is 1. The van der Waals surface area contributed by atoms with Gasteiger partial charge in [-0.05, 0) is 18.6 Å². The maximum Gasteiger partial charge on any atom is 0.226 e. The molecule has 3 N–H and O–H groups in total. The van der Waals surface area contributed by atoms with Crippen LogP contribution < -0.4 is 11.1 Å². The first kappa shape index (κ1) is 13.3. The first-order valence-corrected chi connectivity index (χ1v) is 5.79. The highest BCUT2D eigenvalue weighted by Crippen LogP contribution is 2.29. The predicted molar refractivity (Wildman–Crippen MR) is 68.0 cm³/mol. The standard InChI is InChI=1S/C11H14Cl2N2O/c1-2-7(14)6-10(16)15-11-8(12)4-3-5-9(11)13/h3-5,7H,2,6,14H2,1H3,(H,15,16). The highest BCUT2D eigenvalue weighted by atomic mass is 35.5. The van der Waals surface area contributed by atoms with Crippen molar-refractivity contribution in [2.75, 3.05) is 5.32 Å². The second-order valence-electron chi connectivity index (χ2n) is 3.52. The van der Waals surface area contributed by atoms with E-state index < -0.39 is 0 Å². The molecule has 1 atom stereocenters. The molecular weight excluding hydrogens is 247 g/mol. The molecule has 0 heterocycles. The molecule has 0 saturated heterocycles. The summed E-state index contributed by atoms with van der Waals surface area (Å²) in [6.07, 6.45) is 1.02. The first-order valence-electron chi connectivity index (χ1n) is 5.04. The summed E-state index contributed by atoms with van der Waals surface area (Å²) in [5.41, 5.74) is 6.12. The molecule has 0 spiro atoms. The van der Waals surface area contributed by atoms with E-state index >= 15 is 0 Å². The minimum atomic E-state index is -0.177. The van der Waals surface area contributed by atoms with Crippen LogP contribution in [0.4, 0.5) is 5.69 Å². The lowest BCUT2D eigenvalue weighted by Crippen LogP contribution is -2.26. The van der Waals surface area contributed by atoms with Crippen molar-refractivity contribution in [3.63, 3.8) is 0 Å². The zero-order valence-corrected chi connectivity index (χ0v) is 10.5. The monoisotopic (exact) mass is 260 g/mol. The number of amides is 1. The van der Waals surface area contributed by atoms with Crippen LogP contribution in [0.25, 0.3) is 0 Å². The summed E-state index contributed by atoms with van der Waals surface area (Å²) in [5.74, 6) is -0.177. The Labute approximate surface area is 105 Å². The molecule has 1 amide bonds. The highest BCUT2D eigenvalue weighted by Gasteiger charge is 2.11. The van der Waals surface area contributed by atoms with Gasteiger partial charge in [-0.2, -0.15) is 0 Å². The number of hydrogen-bond donors (Lipinski definition) is 2. The largest absolute Gasteiger partial charge is 0.327 e. The van der Waals surface area contributed by atoms with Gasteiger partial charge in [-0.15, -0.1) is 0 Å². The molecular formula is C11H14Cl2N2O. The van der Waals surface area contributed by atoms with Crippen LogP contribution in [0.3, 0.4) is 0 Å². The average Bonchev–Trinajstić information content (AvgIpc) is 2.23. The van der Waals surface area contributed by atoms with Crippen molar-refractivity contribution >= 4 is 34.8 Å². The molecule has 0 aromatic heterocycles. The fourth-order valence-electron chi connectivity index (χ4n) is 1.19. The van der Waals surface area contributed by atoms with Crippen molar-refractivity contribution in [3.05, 3.63) is 28.2 Å². The molecule has 0 aliphatic rings. The number of benzene rings is 1. The topological polar surface area (TPSA) is 55.1 Å². The number of anilines is 1. The van der Waals surface area contributed by atoms with Gasteiger partial charge in [0.1, 0.15) is 0 Å². The Bertz CT molecular complexity index is 362. The molecule has 0 fully saturated rings. The quantitative estimate of drug-likeness (QED) is 0.875. The Hall–Kier alpha value is -0.770. The van der Waals surface area contributed by atoms with E-state index in [1.54, 1.807) is 18.2 Å². The molecule has 16 heavy (non-hydrogen) atoms. The molecule has 1 aromatic carbocycles. The molecule has 0 saturated carbocycles. The number of nitrogens with two attached hydrogens (primary N) is 1. The third-order valence-electron chi connectivity index (χ3n) is 2.20. The van der Waals surface area contributed by atoms with E-state index in [1.807, 2.05) is 6.92 Å². The zero-order chi connectivity index (χ0) is 12.1. The van der Waals surface area contributed by atoms with E-state index in [0.29, 0.717) is 15.7 Å². The third kappa shape index (κ3) is 3.67. The maximum atomic E-state index is 11.6. The van der Waals surface area contributed by atoms with E-state index in [1.165, 1.54) is 0 Å². The SMILES string of the molecule is CCC(N)CC(=O)Nc1c(Cl)cccc1Cl. The van der Waals surface area contributed by atoms with E-state index in [-0.39, 0.29) is 18.4 Å². The summed E-state index contributed by atoms with van der Waals surface area (Å²) < 4.78 is 0. The second kappa shape index (κ2) is 6.09. The predicted octanol–water partition coefficient (Wildman–Crippen LogP) is 3.06. The summed E-state index contributed by atoms with van der Waals surface area (Å²) in [4.78, 5) is 11.6. The minimum Gasteiger partial charge on any atom is -0.327 e. The lowest BCUT2D eigenvalue weighted by Gasteiger charge is -2.11. The number of halogens is 2. The number of nitrogens with one attached hydrogen (secondary N) is 1. The minimum absolute atomic E-state index is 0.138. The molecule has 3 nitrogen and oxygen atoms in total. The summed E-state index contributed by atoms with van der Waals surface area (Å²) >= 11 is 11.8. The third-order valence-corrected chi connectivity index (χ3v) is 2.83. The summed E-state index contributed by atoms with van der Waals surface area (Å²) in [6, 6.07) is 4.92. The van der Waals surface area contributed by atoms with Gasteiger partial charge in [0.05, 0.1) is 15.7 Å². The molecule has 1 unspecified atom stereocenters. The number of hydrogen-bond acceptors (Lipinski definition) is 2. The van der Waals surface area contributed by atoms with Crippen LogP contribution in [0.2, 0.25) is 10.0 Å². The van der Waals surface area contributed by atoms with Crippen molar-refractivity contribution in [3.8, 4) is 0 Å². The van der Waals surface area contributed by atoms with Crippen molar-refractivity contribution < 1.29 is 4.79 Å². The maximum absolute atomic E-state index is 11.6. The van der Waals surface area contributed by atoms with Crippen LogP contribution in [-0.2, 0) is 4.79 Å². The highest BCUT2D eigenvalue weighted by molar-refractivity contribution is 6.39. The van der Waals surface area contributed by atoms with Gasteiger partial charge >= 0.3 is 0 Å². The number of carbonyl (C=O) groups excluding carboxylic acids is 1. The van der Waals surface area contributed by atoms with Crippen molar-refractivity contribution in [1.82, 2.24) is 0 Å². The van der Waals surface area contributed by atoms with Gasteiger partial charge < -0.3 is 11.1 Å². The fraction of sp³-hybridized carbons (Fsp3) is 0.364. The van der Waals surface area contributed by atoms with Gasteiger partial charge in [-0.1, -0.05) is 36.2 Å². The molecule has 0 radical (unpaired) electrons. The molecule has 0 aliphatic heterocycles. The van der Waals surface area contributed by atoms with Crippen LogP contribution in [0.15, 0.2) is 18.2 Å². The molecule has 5 heteroatoms.